The molecule has 4 rings (SSSR count). The summed E-state index contributed by atoms with van der Waals surface area (Å²) >= 11 is 0. The Morgan fingerprint density at radius 1 is 0.955 bits per heavy atom. The third-order valence-corrected chi connectivity index (χ3v) is 3.11. The first kappa shape index (κ1) is 13.9. The fraction of sp³-hybridized carbons (Fsp3) is 0.0667. The first-order chi connectivity index (χ1) is 10.7. The van der Waals surface area contributed by atoms with Crippen molar-refractivity contribution in [3.8, 4) is 28.7 Å². The second-order valence-electron chi connectivity index (χ2n) is 4.73. The molecule has 7 heteroatoms. The highest BCUT2D eigenvalue weighted by molar-refractivity contribution is 5.75. The van der Waals surface area contributed by atoms with E-state index in [1.807, 2.05) is 13.0 Å². The van der Waals surface area contributed by atoms with E-state index in [0.717, 1.165) is 5.56 Å². The van der Waals surface area contributed by atoms with E-state index in [0.29, 0.717) is 5.69 Å². The third kappa shape index (κ3) is 2.84. The number of aromatic hydroxyl groups is 1. The molecular weight excluding hydrogens is 280 g/mol. The van der Waals surface area contributed by atoms with Crippen molar-refractivity contribution in [1.29, 1.82) is 0 Å². The van der Waals surface area contributed by atoms with Crippen molar-refractivity contribution in [1.82, 2.24) is 19.9 Å². The van der Waals surface area contributed by atoms with Crippen LogP contribution in [0.1, 0.15) is 5.56 Å². The molecule has 2 aromatic rings. The summed E-state index contributed by atoms with van der Waals surface area (Å²) in [6, 6.07) is 11.7. The minimum atomic E-state index is -0.402. The number of hydrogen-bond acceptors (Lipinski definition) is 7. The van der Waals surface area contributed by atoms with Gasteiger partial charge in [-0.25, -0.2) is 5.84 Å². The molecule has 22 heavy (non-hydrogen) atoms. The average molecular weight is 294 g/mol. The highest BCUT2D eigenvalue weighted by Gasteiger charge is 2.07. The van der Waals surface area contributed by atoms with E-state index in [4.69, 9.17) is 5.84 Å². The van der Waals surface area contributed by atoms with Crippen LogP contribution in [0.15, 0.2) is 42.6 Å². The monoisotopic (exact) mass is 294 g/mol. The number of pyridine rings is 1. The lowest BCUT2D eigenvalue weighted by Gasteiger charge is -2.10. The molecule has 0 atom stereocenters. The van der Waals surface area contributed by atoms with Gasteiger partial charge in [0.15, 0.2) is 5.82 Å². The Kier molecular flexibility index (Phi) is 3.63. The minimum absolute atomic E-state index is 0.0878. The SMILES string of the molecule is Cc1ccc(-c2nc(O)nc(NN)n2)nc1.c1cc2ccc1-2. The fourth-order valence-electron chi connectivity index (χ4n) is 1.81. The number of aromatic nitrogens is 4. The summed E-state index contributed by atoms with van der Waals surface area (Å²) in [6.45, 7) is 1.93. The van der Waals surface area contributed by atoms with E-state index < -0.39 is 6.01 Å². The standard InChI is InChI=1S/C9H10N6O.C6H4/c1-5-2-3-6(11-4-5)7-12-8(15-10)14-9(16)13-7;1-2-6-4-3-5(1)6/h2-4H,10H2,1H3,(H2,12,13,14,15,16);1-4H. The third-order valence-electron chi connectivity index (χ3n) is 3.11. The predicted octanol–water partition coefficient (Wildman–Crippen LogP) is 1.90. The maximum atomic E-state index is 9.26. The Morgan fingerprint density at radius 3 is 2.09 bits per heavy atom. The molecule has 110 valence electrons. The molecule has 0 fully saturated rings. The molecule has 2 aromatic heterocycles. The maximum absolute atomic E-state index is 9.26. The Bertz CT molecular complexity index is 765. The van der Waals surface area contributed by atoms with Crippen LogP contribution in [0.2, 0.25) is 0 Å². The van der Waals surface area contributed by atoms with Crippen LogP contribution in [0.4, 0.5) is 5.95 Å². The van der Waals surface area contributed by atoms with Crippen molar-refractivity contribution in [3.05, 3.63) is 48.2 Å². The van der Waals surface area contributed by atoms with Gasteiger partial charge in [0.05, 0.1) is 0 Å². The number of benzene rings is 1. The van der Waals surface area contributed by atoms with Crippen molar-refractivity contribution in [2.24, 2.45) is 5.84 Å². The molecular formula is C15H14N6O. The molecule has 0 bridgehead atoms. The Morgan fingerprint density at radius 2 is 1.64 bits per heavy atom. The summed E-state index contributed by atoms with van der Waals surface area (Å²) in [6.07, 6.45) is 1.69. The number of hydrogen-bond donors (Lipinski definition) is 3. The van der Waals surface area contributed by atoms with Crippen molar-refractivity contribution < 1.29 is 5.11 Å². The number of nitrogens with zero attached hydrogens (tertiary/aromatic N) is 4. The minimum Gasteiger partial charge on any atom is -0.479 e. The second-order valence-corrected chi connectivity index (χ2v) is 4.73. The van der Waals surface area contributed by atoms with Crippen molar-refractivity contribution >= 4 is 5.95 Å². The van der Waals surface area contributed by atoms with Gasteiger partial charge in [0.1, 0.15) is 5.69 Å². The molecule has 0 aromatic carbocycles. The van der Waals surface area contributed by atoms with Gasteiger partial charge in [-0.1, -0.05) is 30.3 Å². The number of nitrogens with two attached hydrogens (primary N) is 1. The van der Waals surface area contributed by atoms with E-state index in [9.17, 15) is 5.11 Å². The highest BCUT2D eigenvalue weighted by atomic mass is 16.3. The molecule has 0 spiro atoms. The molecule has 7 nitrogen and oxygen atoms in total. The van der Waals surface area contributed by atoms with Gasteiger partial charge in [-0.3, -0.25) is 10.4 Å². The zero-order valence-electron chi connectivity index (χ0n) is 11.9. The zero-order chi connectivity index (χ0) is 15.5. The number of nitrogen functional groups attached to an aromatic ring is 1. The van der Waals surface area contributed by atoms with Gasteiger partial charge in [0.25, 0.3) is 0 Å². The number of rotatable bonds is 2. The number of nitrogens with one attached hydrogen (secondary N) is 1. The Balaban J connectivity index is 0.000000196. The molecule has 0 radical (unpaired) electrons. The lowest BCUT2D eigenvalue weighted by molar-refractivity contribution is 0.429. The van der Waals surface area contributed by atoms with Crippen LogP contribution < -0.4 is 11.3 Å². The van der Waals surface area contributed by atoms with Crippen LogP contribution in [0.5, 0.6) is 6.01 Å². The average Bonchev–Trinajstić information content (AvgIpc) is 2.51. The molecule has 0 amide bonds. The molecule has 0 unspecified atom stereocenters. The Hall–Kier alpha value is -3.06. The smallest absolute Gasteiger partial charge is 0.319 e. The van der Waals surface area contributed by atoms with Gasteiger partial charge in [-0.15, -0.1) is 0 Å². The maximum Gasteiger partial charge on any atom is 0.319 e. The van der Waals surface area contributed by atoms with Gasteiger partial charge in [-0.2, -0.15) is 15.0 Å². The summed E-state index contributed by atoms with van der Waals surface area (Å²) in [4.78, 5) is 15.4. The number of aryl methyl sites for hydroxylation is 1. The topological polar surface area (TPSA) is 110 Å². The lowest BCUT2D eigenvalue weighted by atomic mass is 9.95. The van der Waals surface area contributed by atoms with Crippen molar-refractivity contribution in [2.75, 3.05) is 5.43 Å². The summed E-state index contributed by atoms with van der Waals surface area (Å²) in [7, 11) is 0. The number of anilines is 1. The van der Waals surface area contributed by atoms with Crippen LogP contribution in [0, 0.1) is 6.92 Å². The van der Waals surface area contributed by atoms with Crippen molar-refractivity contribution in [2.45, 2.75) is 6.92 Å². The second kappa shape index (κ2) is 5.74. The van der Waals surface area contributed by atoms with Crippen molar-refractivity contribution in [3.63, 3.8) is 0 Å². The largest absolute Gasteiger partial charge is 0.479 e. The van der Waals surface area contributed by atoms with Crippen LogP contribution in [-0.2, 0) is 0 Å². The quantitative estimate of drug-likeness (QED) is 0.382. The van der Waals surface area contributed by atoms with E-state index in [2.05, 4.69) is 49.6 Å². The van der Waals surface area contributed by atoms with Crippen LogP contribution in [-0.4, -0.2) is 25.0 Å². The summed E-state index contributed by atoms with van der Waals surface area (Å²) in [5.41, 5.74) is 6.66. The van der Waals surface area contributed by atoms with Gasteiger partial charge in [0.2, 0.25) is 5.95 Å². The molecule has 4 N–H and O–H groups in total. The van der Waals surface area contributed by atoms with Crippen LogP contribution in [0.25, 0.3) is 22.6 Å². The molecule has 2 aliphatic carbocycles. The van der Waals surface area contributed by atoms with E-state index >= 15 is 0 Å². The van der Waals surface area contributed by atoms with Gasteiger partial charge >= 0.3 is 6.01 Å². The van der Waals surface area contributed by atoms with Crippen LogP contribution >= 0.6 is 0 Å². The number of hydrazine groups is 1. The number of fused-ring (bicyclic) bond motifs is 1. The molecule has 0 aliphatic heterocycles. The Labute approximate surface area is 126 Å². The van der Waals surface area contributed by atoms with Gasteiger partial charge in [0, 0.05) is 6.20 Å². The zero-order valence-corrected chi connectivity index (χ0v) is 11.9. The summed E-state index contributed by atoms with van der Waals surface area (Å²) < 4.78 is 0. The van der Waals surface area contributed by atoms with Gasteiger partial charge < -0.3 is 5.11 Å². The summed E-state index contributed by atoms with van der Waals surface area (Å²) in [5.74, 6) is 5.51. The van der Waals surface area contributed by atoms with E-state index in [1.165, 1.54) is 11.1 Å². The predicted molar refractivity (Wildman–Crippen MR) is 82.7 cm³/mol. The first-order valence-corrected chi connectivity index (χ1v) is 6.61. The summed E-state index contributed by atoms with van der Waals surface area (Å²) in [5, 5.41) is 9.26. The molecule has 2 aliphatic rings. The normalized spacial score (nSPS) is 10.5. The fourth-order valence-corrected chi connectivity index (χ4v) is 1.81. The van der Waals surface area contributed by atoms with Gasteiger partial charge in [-0.05, 0) is 29.7 Å². The van der Waals surface area contributed by atoms with E-state index in [1.54, 1.807) is 12.3 Å². The lowest BCUT2D eigenvalue weighted by Crippen LogP contribution is -2.11. The molecule has 0 saturated carbocycles. The van der Waals surface area contributed by atoms with Crippen LogP contribution in [0.3, 0.4) is 0 Å². The molecule has 0 saturated heterocycles. The first-order valence-electron chi connectivity index (χ1n) is 6.61. The van der Waals surface area contributed by atoms with E-state index in [-0.39, 0.29) is 11.8 Å². The highest BCUT2D eigenvalue weighted by Crippen LogP contribution is 2.29. The molecule has 2 heterocycles.